The number of benzene rings is 1. The van der Waals surface area contributed by atoms with Crippen LogP contribution in [0.4, 0.5) is 11.4 Å². The van der Waals surface area contributed by atoms with Crippen LogP contribution in [0.25, 0.3) is 0 Å². The van der Waals surface area contributed by atoms with Gasteiger partial charge in [-0.15, -0.1) is 0 Å². The van der Waals surface area contributed by atoms with Gasteiger partial charge in [-0.1, -0.05) is 6.07 Å². The summed E-state index contributed by atoms with van der Waals surface area (Å²) in [7, 11) is 0. The molecule has 102 valence electrons. The Labute approximate surface area is 111 Å². The summed E-state index contributed by atoms with van der Waals surface area (Å²) in [5, 5.41) is 2.96. The Morgan fingerprint density at radius 1 is 1.26 bits per heavy atom. The van der Waals surface area contributed by atoms with Gasteiger partial charge >= 0.3 is 0 Å². The number of nitrogen functional groups attached to an aromatic ring is 1. The Morgan fingerprint density at radius 2 is 1.95 bits per heavy atom. The highest BCUT2D eigenvalue weighted by molar-refractivity contribution is 6.01. The van der Waals surface area contributed by atoms with Crippen LogP contribution < -0.4 is 16.8 Å². The second-order valence-corrected chi connectivity index (χ2v) is 4.57. The fourth-order valence-corrected chi connectivity index (χ4v) is 2.18. The summed E-state index contributed by atoms with van der Waals surface area (Å²) in [6.07, 6.45) is 2.12. The van der Waals surface area contributed by atoms with Gasteiger partial charge in [0.15, 0.2) is 0 Å². The van der Waals surface area contributed by atoms with Crippen molar-refractivity contribution >= 4 is 23.2 Å². The van der Waals surface area contributed by atoms with E-state index in [0.717, 1.165) is 25.9 Å². The van der Waals surface area contributed by atoms with E-state index in [1.807, 2.05) is 4.90 Å². The van der Waals surface area contributed by atoms with E-state index in [-0.39, 0.29) is 23.7 Å². The number of amides is 2. The molecule has 2 rings (SSSR count). The van der Waals surface area contributed by atoms with Crippen molar-refractivity contribution in [2.75, 3.05) is 30.7 Å². The van der Waals surface area contributed by atoms with E-state index in [1.165, 1.54) is 0 Å². The second-order valence-electron chi connectivity index (χ2n) is 4.57. The molecule has 0 saturated carbocycles. The molecule has 0 atom stereocenters. The molecule has 1 fully saturated rings. The average molecular weight is 262 g/mol. The van der Waals surface area contributed by atoms with Crippen LogP contribution in [0.1, 0.15) is 23.2 Å². The molecular formula is C13H18N4O2. The highest BCUT2D eigenvalue weighted by Crippen LogP contribution is 2.22. The van der Waals surface area contributed by atoms with Crippen molar-refractivity contribution in [1.29, 1.82) is 0 Å². The number of carbonyl (C=O) groups is 2. The number of nitrogens with one attached hydrogen (secondary N) is 1. The van der Waals surface area contributed by atoms with Crippen LogP contribution in [-0.2, 0) is 4.79 Å². The second kappa shape index (κ2) is 5.60. The number of nitrogens with two attached hydrogens (primary N) is 2. The average Bonchev–Trinajstić information content (AvgIpc) is 2.90. The monoisotopic (exact) mass is 262 g/mol. The maximum atomic E-state index is 11.9. The molecule has 1 saturated heterocycles. The zero-order valence-corrected chi connectivity index (χ0v) is 10.7. The number of hydrogen-bond acceptors (Lipinski definition) is 4. The van der Waals surface area contributed by atoms with Gasteiger partial charge in [0.1, 0.15) is 0 Å². The van der Waals surface area contributed by atoms with Gasteiger partial charge < -0.3 is 21.7 Å². The molecule has 1 heterocycles. The van der Waals surface area contributed by atoms with Crippen molar-refractivity contribution in [3.05, 3.63) is 23.8 Å². The number of anilines is 2. The first kappa shape index (κ1) is 13.2. The molecule has 0 unspecified atom stereocenters. The van der Waals surface area contributed by atoms with Crippen molar-refractivity contribution in [3.63, 3.8) is 0 Å². The minimum atomic E-state index is -0.577. The number of hydrogen-bond donors (Lipinski definition) is 3. The molecule has 0 bridgehead atoms. The number of primary amides is 1. The Hall–Kier alpha value is -2.24. The lowest BCUT2D eigenvalue weighted by Gasteiger charge is -2.17. The lowest BCUT2D eigenvalue weighted by atomic mass is 10.1. The fraction of sp³-hybridized carbons (Fsp3) is 0.385. The van der Waals surface area contributed by atoms with Gasteiger partial charge in [0.2, 0.25) is 5.91 Å². The summed E-state index contributed by atoms with van der Waals surface area (Å²) >= 11 is 0. The molecule has 1 aliphatic rings. The standard InChI is InChI=1S/C13H18N4O2/c14-12-9(13(15)19)4-3-5-10(12)16-8-11(18)17-6-1-2-7-17/h3-5,16H,1-2,6-8,14H2,(H2,15,19). The largest absolute Gasteiger partial charge is 0.396 e. The molecule has 19 heavy (non-hydrogen) atoms. The summed E-state index contributed by atoms with van der Waals surface area (Å²) in [5.74, 6) is -0.534. The topological polar surface area (TPSA) is 101 Å². The first-order valence-electron chi connectivity index (χ1n) is 6.29. The van der Waals surface area contributed by atoms with Crippen molar-refractivity contribution in [3.8, 4) is 0 Å². The van der Waals surface area contributed by atoms with Gasteiger partial charge in [0.25, 0.3) is 5.91 Å². The predicted octanol–water partition coefficient (Wildman–Crippen LogP) is 0.402. The molecule has 5 N–H and O–H groups in total. The van der Waals surface area contributed by atoms with E-state index in [9.17, 15) is 9.59 Å². The summed E-state index contributed by atoms with van der Waals surface area (Å²) in [5.41, 5.74) is 12.2. The SMILES string of the molecule is NC(=O)c1cccc(NCC(=O)N2CCCC2)c1N. The summed E-state index contributed by atoms with van der Waals surface area (Å²) < 4.78 is 0. The zero-order valence-electron chi connectivity index (χ0n) is 10.7. The van der Waals surface area contributed by atoms with Crippen LogP contribution >= 0.6 is 0 Å². The normalized spacial score (nSPS) is 14.4. The van der Waals surface area contributed by atoms with E-state index in [2.05, 4.69) is 5.32 Å². The summed E-state index contributed by atoms with van der Waals surface area (Å²) in [6.45, 7) is 1.81. The van der Waals surface area contributed by atoms with Gasteiger partial charge in [0, 0.05) is 13.1 Å². The number of carbonyl (C=O) groups excluding carboxylic acids is 2. The molecule has 0 spiro atoms. The predicted molar refractivity (Wildman–Crippen MR) is 73.7 cm³/mol. The molecule has 2 amide bonds. The molecule has 1 aliphatic heterocycles. The number of nitrogens with zero attached hydrogens (tertiary/aromatic N) is 1. The van der Waals surface area contributed by atoms with E-state index in [4.69, 9.17) is 11.5 Å². The third kappa shape index (κ3) is 2.96. The van der Waals surface area contributed by atoms with Crippen LogP contribution in [0.15, 0.2) is 18.2 Å². The van der Waals surface area contributed by atoms with Crippen molar-refractivity contribution in [2.24, 2.45) is 5.73 Å². The van der Waals surface area contributed by atoms with Crippen molar-refractivity contribution in [2.45, 2.75) is 12.8 Å². The summed E-state index contributed by atoms with van der Waals surface area (Å²) in [4.78, 5) is 24.9. The van der Waals surface area contributed by atoms with Gasteiger partial charge in [-0.2, -0.15) is 0 Å². The third-order valence-electron chi connectivity index (χ3n) is 3.26. The van der Waals surface area contributed by atoms with Crippen LogP contribution in [-0.4, -0.2) is 36.3 Å². The van der Waals surface area contributed by atoms with E-state index in [0.29, 0.717) is 5.69 Å². The molecule has 6 nitrogen and oxygen atoms in total. The minimum Gasteiger partial charge on any atom is -0.396 e. The molecule has 1 aromatic carbocycles. The van der Waals surface area contributed by atoms with E-state index >= 15 is 0 Å². The quantitative estimate of drug-likeness (QED) is 0.684. The van der Waals surface area contributed by atoms with Crippen LogP contribution in [0, 0.1) is 0 Å². The Kier molecular flexibility index (Phi) is 3.89. The highest BCUT2D eigenvalue weighted by atomic mass is 16.2. The first-order chi connectivity index (χ1) is 9.09. The zero-order chi connectivity index (χ0) is 13.8. The van der Waals surface area contributed by atoms with Crippen LogP contribution in [0.3, 0.4) is 0 Å². The van der Waals surface area contributed by atoms with Gasteiger partial charge in [-0.05, 0) is 25.0 Å². The third-order valence-corrected chi connectivity index (χ3v) is 3.26. The summed E-state index contributed by atoms with van der Waals surface area (Å²) in [6, 6.07) is 4.96. The lowest BCUT2D eigenvalue weighted by molar-refractivity contribution is -0.128. The van der Waals surface area contributed by atoms with E-state index in [1.54, 1.807) is 18.2 Å². The van der Waals surface area contributed by atoms with Gasteiger partial charge in [-0.3, -0.25) is 9.59 Å². The van der Waals surface area contributed by atoms with Crippen molar-refractivity contribution < 1.29 is 9.59 Å². The number of likely N-dealkylation sites (tertiary alicyclic amines) is 1. The number of para-hydroxylation sites is 1. The Morgan fingerprint density at radius 3 is 2.58 bits per heavy atom. The smallest absolute Gasteiger partial charge is 0.250 e. The molecule has 0 radical (unpaired) electrons. The molecule has 0 aromatic heterocycles. The van der Waals surface area contributed by atoms with E-state index < -0.39 is 5.91 Å². The molecule has 0 aliphatic carbocycles. The van der Waals surface area contributed by atoms with Crippen LogP contribution in [0.5, 0.6) is 0 Å². The van der Waals surface area contributed by atoms with Crippen LogP contribution in [0.2, 0.25) is 0 Å². The molecule has 1 aromatic rings. The minimum absolute atomic E-state index is 0.0429. The molecular weight excluding hydrogens is 244 g/mol. The number of rotatable bonds is 4. The Bertz CT molecular complexity index is 495. The van der Waals surface area contributed by atoms with Crippen molar-refractivity contribution in [1.82, 2.24) is 4.90 Å². The maximum absolute atomic E-state index is 11.9. The Balaban J connectivity index is 2.01. The highest BCUT2D eigenvalue weighted by Gasteiger charge is 2.18. The fourth-order valence-electron chi connectivity index (χ4n) is 2.18. The van der Waals surface area contributed by atoms with Gasteiger partial charge in [0.05, 0.1) is 23.5 Å². The van der Waals surface area contributed by atoms with Gasteiger partial charge in [-0.25, -0.2) is 0 Å². The molecule has 6 heteroatoms. The first-order valence-corrected chi connectivity index (χ1v) is 6.29. The maximum Gasteiger partial charge on any atom is 0.250 e. The lowest BCUT2D eigenvalue weighted by Crippen LogP contribution is -2.33.